The molecule has 31 heavy (non-hydrogen) atoms. The molecule has 3 aromatic carbocycles. The number of anilines is 1. The molecule has 0 saturated carbocycles. The number of nitrogens with one attached hydrogen (secondary N) is 1. The Kier molecular flexibility index (Phi) is 6.51. The predicted octanol–water partition coefficient (Wildman–Crippen LogP) is 7.07. The number of benzene rings is 3. The maximum absolute atomic E-state index is 12.7. The number of nitro benzene ring substituents is 1. The van der Waals surface area contributed by atoms with Gasteiger partial charge in [-0.1, -0.05) is 11.6 Å². The molecule has 3 rings (SSSR count). The lowest BCUT2D eigenvalue weighted by atomic mass is 10.2. The van der Waals surface area contributed by atoms with Crippen molar-refractivity contribution in [2.75, 3.05) is 5.32 Å². The van der Waals surface area contributed by atoms with Crippen molar-refractivity contribution in [1.82, 2.24) is 0 Å². The summed E-state index contributed by atoms with van der Waals surface area (Å²) < 4.78 is 44.0. The first-order valence-corrected chi connectivity index (χ1v) is 9.61. The van der Waals surface area contributed by atoms with Crippen LogP contribution in [0, 0.1) is 10.1 Å². The number of halogens is 5. The number of amides is 1. The van der Waals surface area contributed by atoms with Crippen molar-refractivity contribution in [2.24, 2.45) is 0 Å². The number of rotatable bonds is 5. The zero-order valence-electron chi connectivity index (χ0n) is 15.2. The van der Waals surface area contributed by atoms with E-state index < -0.39 is 22.6 Å². The number of hydrogen-bond donors (Lipinski definition) is 1. The van der Waals surface area contributed by atoms with Gasteiger partial charge in [0.25, 0.3) is 11.6 Å². The molecular formula is C20H11BrClF3N2O4. The standard InChI is InChI=1S/C20H11BrClF3N2O4/c21-16-7-4-13(27(29)30)10-15(16)19(28)26-12-2-5-14(6-3-12)31-18-8-1-11(9-17(18)22)20(23,24)25/h1-10H,(H,26,28). The molecule has 0 aliphatic carbocycles. The summed E-state index contributed by atoms with van der Waals surface area (Å²) in [7, 11) is 0. The Hall–Kier alpha value is -3.11. The summed E-state index contributed by atoms with van der Waals surface area (Å²) in [6.45, 7) is 0. The van der Waals surface area contributed by atoms with Gasteiger partial charge in [-0.2, -0.15) is 13.2 Å². The van der Waals surface area contributed by atoms with E-state index in [9.17, 15) is 28.1 Å². The van der Waals surface area contributed by atoms with Gasteiger partial charge in [0.2, 0.25) is 0 Å². The average Bonchev–Trinajstić information content (AvgIpc) is 2.70. The molecule has 0 aliphatic heterocycles. The molecule has 1 amide bonds. The second-order valence-electron chi connectivity index (χ2n) is 6.14. The highest BCUT2D eigenvalue weighted by Gasteiger charge is 2.31. The lowest BCUT2D eigenvalue weighted by Crippen LogP contribution is -2.12. The van der Waals surface area contributed by atoms with Crippen molar-refractivity contribution < 1.29 is 27.6 Å². The normalized spacial score (nSPS) is 11.1. The molecule has 3 aromatic rings. The number of ether oxygens (including phenoxy) is 1. The molecule has 0 atom stereocenters. The van der Waals surface area contributed by atoms with Crippen molar-refractivity contribution in [2.45, 2.75) is 6.18 Å². The van der Waals surface area contributed by atoms with Gasteiger partial charge in [-0.05, 0) is 64.5 Å². The highest BCUT2D eigenvalue weighted by Crippen LogP contribution is 2.36. The Labute approximate surface area is 186 Å². The maximum atomic E-state index is 12.7. The van der Waals surface area contributed by atoms with Gasteiger partial charge in [-0.25, -0.2) is 0 Å². The fourth-order valence-corrected chi connectivity index (χ4v) is 3.14. The van der Waals surface area contributed by atoms with Crippen LogP contribution in [-0.2, 0) is 6.18 Å². The smallest absolute Gasteiger partial charge is 0.416 e. The first kappa shape index (κ1) is 22.6. The highest BCUT2D eigenvalue weighted by atomic mass is 79.9. The Balaban J connectivity index is 1.72. The second kappa shape index (κ2) is 8.94. The SMILES string of the molecule is O=C(Nc1ccc(Oc2ccc(C(F)(F)F)cc2Cl)cc1)c1cc([N+](=O)[O-])ccc1Br. The molecule has 0 fully saturated rings. The molecule has 6 nitrogen and oxygen atoms in total. The summed E-state index contributed by atoms with van der Waals surface area (Å²) in [4.78, 5) is 22.7. The molecule has 0 unspecified atom stereocenters. The summed E-state index contributed by atoms with van der Waals surface area (Å²) in [5, 5.41) is 13.3. The molecule has 0 aliphatic rings. The van der Waals surface area contributed by atoms with Crippen molar-refractivity contribution in [1.29, 1.82) is 0 Å². The molecule has 1 N–H and O–H groups in total. The number of alkyl halides is 3. The van der Waals surface area contributed by atoms with Crippen molar-refractivity contribution in [3.8, 4) is 11.5 Å². The van der Waals surface area contributed by atoms with Gasteiger partial charge in [0.1, 0.15) is 11.5 Å². The average molecular weight is 516 g/mol. The summed E-state index contributed by atoms with van der Waals surface area (Å²) in [5.74, 6) is -0.266. The van der Waals surface area contributed by atoms with E-state index in [0.717, 1.165) is 24.3 Å². The number of non-ortho nitro benzene ring substituents is 1. The molecule has 0 saturated heterocycles. The van der Waals surface area contributed by atoms with Gasteiger partial charge in [0, 0.05) is 22.3 Å². The van der Waals surface area contributed by atoms with E-state index in [1.165, 1.54) is 36.4 Å². The van der Waals surface area contributed by atoms with Crippen LogP contribution in [0.25, 0.3) is 0 Å². The topological polar surface area (TPSA) is 81.5 Å². The van der Waals surface area contributed by atoms with Crippen molar-refractivity contribution in [3.05, 3.63) is 91.4 Å². The minimum Gasteiger partial charge on any atom is -0.456 e. The maximum Gasteiger partial charge on any atom is 0.416 e. The molecule has 160 valence electrons. The number of carbonyl (C=O) groups is 1. The van der Waals surface area contributed by atoms with Crippen LogP contribution in [0.5, 0.6) is 11.5 Å². The fraction of sp³-hybridized carbons (Fsp3) is 0.0500. The number of hydrogen-bond acceptors (Lipinski definition) is 4. The monoisotopic (exact) mass is 514 g/mol. The van der Waals surface area contributed by atoms with Crippen LogP contribution in [0.15, 0.2) is 65.1 Å². The predicted molar refractivity (Wildman–Crippen MR) is 112 cm³/mol. The number of nitrogens with zero attached hydrogens (tertiary/aromatic N) is 1. The Morgan fingerprint density at radius 2 is 1.74 bits per heavy atom. The lowest BCUT2D eigenvalue weighted by molar-refractivity contribution is -0.384. The molecule has 0 aromatic heterocycles. The Bertz CT molecular complexity index is 1150. The van der Waals surface area contributed by atoms with E-state index in [0.29, 0.717) is 10.2 Å². The van der Waals surface area contributed by atoms with Gasteiger partial charge >= 0.3 is 6.18 Å². The summed E-state index contributed by atoms with van der Waals surface area (Å²) >= 11 is 9.05. The molecule has 0 spiro atoms. The third kappa shape index (κ3) is 5.53. The largest absolute Gasteiger partial charge is 0.456 e. The van der Waals surface area contributed by atoms with Crippen LogP contribution in [0.1, 0.15) is 15.9 Å². The van der Waals surface area contributed by atoms with Crippen LogP contribution in [0.4, 0.5) is 24.5 Å². The zero-order valence-corrected chi connectivity index (χ0v) is 17.6. The lowest BCUT2D eigenvalue weighted by Gasteiger charge is -2.12. The van der Waals surface area contributed by atoms with Crippen LogP contribution < -0.4 is 10.1 Å². The Morgan fingerprint density at radius 1 is 1.06 bits per heavy atom. The minimum absolute atomic E-state index is 0.0342. The molecular weight excluding hydrogens is 505 g/mol. The number of nitro groups is 1. The second-order valence-corrected chi connectivity index (χ2v) is 7.41. The first-order chi connectivity index (χ1) is 14.5. The van der Waals surface area contributed by atoms with E-state index >= 15 is 0 Å². The number of carbonyl (C=O) groups excluding carboxylic acids is 1. The minimum atomic E-state index is -4.52. The van der Waals surface area contributed by atoms with Crippen molar-refractivity contribution >= 4 is 44.8 Å². The summed E-state index contributed by atoms with van der Waals surface area (Å²) in [6.07, 6.45) is -4.52. The van der Waals surface area contributed by atoms with Gasteiger partial charge in [-0.3, -0.25) is 14.9 Å². The third-order valence-electron chi connectivity index (χ3n) is 4.00. The van der Waals surface area contributed by atoms with Crippen LogP contribution in [0.2, 0.25) is 5.02 Å². The quantitative estimate of drug-likeness (QED) is 0.291. The van der Waals surface area contributed by atoms with E-state index in [2.05, 4.69) is 21.2 Å². The zero-order chi connectivity index (χ0) is 22.8. The van der Waals surface area contributed by atoms with E-state index in [-0.39, 0.29) is 27.8 Å². The van der Waals surface area contributed by atoms with Gasteiger partial charge < -0.3 is 10.1 Å². The first-order valence-electron chi connectivity index (χ1n) is 8.44. The van der Waals surface area contributed by atoms with Gasteiger partial charge in [0.15, 0.2) is 0 Å². The van der Waals surface area contributed by atoms with Gasteiger partial charge in [0.05, 0.1) is 21.1 Å². The third-order valence-corrected chi connectivity index (χ3v) is 4.99. The summed E-state index contributed by atoms with van der Waals surface area (Å²) in [6, 6.07) is 12.5. The molecule has 0 bridgehead atoms. The molecule has 0 radical (unpaired) electrons. The Morgan fingerprint density at radius 3 is 2.32 bits per heavy atom. The van der Waals surface area contributed by atoms with E-state index in [4.69, 9.17) is 16.3 Å². The van der Waals surface area contributed by atoms with Crippen LogP contribution in [0.3, 0.4) is 0 Å². The highest BCUT2D eigenvalue weighted by molar-refractivity contribution is 9.10. The summed E-state index contributed by atoms with van der Waals surface area (Å²) in [5.41, 5.74) is -0.680. The van der Waals surface area contributed by atoms with Gasteiger partial charge in [-0.15, -0.1) is 0 Å². The van der Waals surface area contributed by atoms with Crippen LogP contribution >= 0.6 is 27.5 Å². The van der Waals surface area contributed by atoms with E-state index in [1.807, 2.05) is 0 Å². The molecule has 0 heterocycles. The molecule has 11 heteroatoms. The van der Waals surface area contributed by atoms with Crippen LogP contribution in [-0.4, -0.2) is 10.8 Å². The van der Waals surface area contributed by atoms with Crippen molar-refractivity contribution in [3.63, 3.8) is 0 Å². The van der Waals surface area contributed by atoms with E-state index in [1.54, 1.807) is 0 Å². The fourth-order valence-electron chi connectivity index (χ4n) is 2.49.